The lowest BCUT2D eigenvalue weighted by atomic mass is 10.3. The van der Waals surface area contributed by atoms with E-state index < -0.39 is 10.0 Å². The molecule has 2 rings (SSSR count). The second-order valence-corrected chi connectivity index (χ2v) is 6.72. The lowest BCUT2D eigenvalue weighted by Gasteiger charge is -2.10. The molecule has 7 heteroatoms. The van der Waals surface area contributed by atoms with Crippen molar-refractivity contribution in [3.8, 4) is 0 Å². The first kappa shape index (κ1) is 13.0. The molecule has 0 bridgehead atoms. The van der Waals surface area contributed by atoms with Crippen molar-refractivity contribution < 1.29 is 8.42 Å². The van der Waals surface area contributed by atoms with Gasteiger partial charge in [0.2, 0.25) is 10.0 Å². The molecule has 0 aromatic heterocycles. The lowest BCUT2D eigenvalue weighted by molar-refractivity contribution is 0.578. The van der Waals surface area contributed by atoms with Gasteiger partial charge in [-0.25, -0.2) is 13.1 Å². The molecule has 0 amide bonds. The fourth-order valence-corrected chi connectivity index (χ4v) is 4.17. The Bertz CT molecular complexity index is 536. The van der Waals surface area contributed by atoms with Crippen LogP contribution in [0.15, 0.2) is 17.0 Å². The largest absolute Gasteiger partial charge is 0.399 e. The lowest BCUT2D eigenvalue weighted by Crippen LogP contribution is -2.27. The summed E-state index contributed by atoms with van der Waals surface area (Å²) in [5, 5.41) is 0.0756. The standard InChI is InChI=1S/C10H12Cl2N2O2S/c1-5-2-9(5)14-17(15,16)10-7(11)3-6(13)4-8(10)12/h3-5,9,14H,2,13H2,1H3. The van der Waals surface area contributed by atoms with E-state index in [1.807, 2.05) is 6.92 Å². The van der Waals surface area contributed by atoms with Crippen LogP contribution in [0.25, 0.3) is 0 Å². The normalized spacial score (nSPS) is 23.7. The van der Waals surface area contributed by atoms with E-state index in [0.29, 0.717) is 11.6 Å². The number of anilines is 1. The molecule has 0 heterocycles. The van der Waals surface area contributed by atoms with Gasteiger partial charge in [0.1, 0.15) is 4.90 Å². The minimum Gasteiger partial charge on any atom is -0.399 e. The number of benzene rings is 1. The van der Waals surface area contributed by atoms with Crippen molar-refractivity contribution >= 4 is 38.9 Å². The predicted octanol–water partition coefficient (Wildman–Crippen LogP) is 2.26. The van der Waals surface area contributed by atoms with Crippen molar-refractivity contribution in [1.82, 2.24) is 4.72 Å². The molecule has 2 unspecified atom stereocenters. The van der Waals surface area contributed by atoms with Crippen molar-refractivity contribution in [3.05, 3.63) is 22.2 Å². The van der Waals surface area contributed by atoms with Gasteiger partial charge in [-0.1, -0.05) is 30.1 Å². The van der Waals surface area contributed by atoms with Crippen LogP contribution in [0.3, 0.4) is 0 Å². The van der Waals surface area contributed by atoms with E-state index in [1.54, 1.807) is 0 Å². The quantitative estimate of drug-likeness (QED) is 0.840. The highest BCUT2D eigenvalue weighted by Gasteiger charge is 2.37. The van der Waals surface area contributed by atoms with Gasteiger partial charge in [-0.2, -0.15) is 0 Å². The van der Waals surface area contributed by atoms with Crippen LogP contribution in [0, 0.1) is 5.92 Å². The third-order valence-corrected chi connectivity index (χ3v) is 5.12. The third kappa shape index (κ3) is 2.68. The number of rotatable bonds is 3. The summed E-state index contributed by atoms with van der Waals surface area (Å²) in [7, 11) is -3.68. The molecule has 1 aromatic rings. The molecule has 0 radical (unpaired) electrons. The van der Waals surface area contributed by atoms with E-state index in [1.165, 1.54) is 12.1 Å². The molecular formula is C10H12Cl2N2O2S. The summed E-state index contributed by atoms with van der Waals surface area (Å²) < 4.78 is 26.7. The van der Waals surface area contributed by atoms with Crippen LogP contribution >= 0.6 is 23.2 Å². The number of hydrogen-bond acceptors (Lipinski definition) is 3. The highest BCUT2D eigenvalue weighted by molar-refractivity contribution is 7.89. The minimum absolute atomic E-state index is 0.0234. The van der Waals surface area contributed by atoms with Gasteiger partial charge >= 0.3 is 0 Å². The van der Waals surface area contributed by atoms with Crippen LogP contribution in [0.5, 0.6) is 0 Å². The monoisotopic (exact) mass is 294 g/mol. The number of nitrogen functional groups attached to an aromatic ring is 1. The maximum atomic E-state index is 12.1. The Kier molecular flexibility index (Phi) is 3.29. The molecular weight excluding hydrogens is 283 g/mol. The fraction of sp³-hybridized carbons (Fsp3) is 0.400. The predicted molar refractivity (Wildman–Crippen MR) is 68.8 cm³/mol. The summed E-state index contributed by atoms with van der Waals surface area (Å²) in [5.74, 6) is 0.358. The molecule has 1 fully saturated rings. The zero-order valence-electron chi connectivity index (χ0n) is 9.07. The molecule has 1 aromatic carbocycles. The van der Waals surface area contributed by atoms with Gasteiger partial charge in [0.15, 0.2) is 0 Å². The molecule has 1 aliphatic rings. The van der Waals surface area contributed by atoms with Crippen LogP contribution in [0.1, 0.15) is 13.3 Å². The number of nitrogens with two attached hydrogens (primary N) is 1. The minimum atomic E-state index is -3.68. The van der Waals surface area contributed by atoms with Crippen LogP contribution in [0.2, 0.25) is 10.0 Å². The number of halogens is 2. The van der Waals surface area contributed by atoms with Gasteiger partial charge in [-0.15, -0.1) is 0 Å². The summed E-state index contributed by atoms with van der Waals surface area (Å²) >= 11 is 11.8. The van der Waals surface area contributed by atoms with Crippen LogP contribution in [-0.2, 0) is 10.0 Å². The Hall–Kier alpha value is -0.490. The van der Waals surface area contributed by atoms with E-state index in [-0.39, 0.29) is 21.0 Å². The number of sulfonamides is 1. The van der Waals surface area contributed by atoms with E-state index in [4.69, 9.17) is 28.9 Å². The molecule has 0 saturated heterocycles. The Morgan fingerprint density at radius 2 is 1.82 bits per heavy atom. The topological polar surface area (TPSA) is 72.2 Å². The Balaban J connectivity index is 2.39. The van der Waals surface area contributed by atoms with Crippen molar-refractivity contribution in [2.24, 2.45) is 5.92 Å². The molecule has 1 saturated carbocycles. The molecule has 17 heavy (non-hydrogen) atoms. The average Bonchev–Trinajstić information content (AvgIpc) is 2.76. The molecule has 1 aliphatic carbocycles. The van der Waals surface area contributed by atoms with Crippen molar-refractivity contribution in [2.75, 3.05) is 5.73 Å². The molecule has 3 N–H and O–H groups in total. The maximum Gasteiger partial charge on any atom is 0.243 e. The molecule has 94 valence electrons. The second kappa shape index (κ2) is 4.31. The highest BCUT2D eigenvalue weighted by atomic mass is 35.5. The Morgan fingerprint density at radius 1 is 1.35 bits per heavy atom. The summed E-state index contributed by atoms with van der Waals surface area (Å²) in [6.45, 7) is 1.97. The zero-order valence-corrected chi connectivity index (χ0v) is 11.4. The van der Waals surface area contributed by atoms with Crippen LogP contribution in [0.4, 0.5) is 5.69 Å². The van der Waals surface area contributed by atoms with Crippen molar-refractivity contribution in [3.63, 3.8) is 0 Å². The molecule has 2 atom stereocenters. The summed E-state index contributed by atoms with van der Waals surface area (Å²) in [6.07, 6.45) is 0.837. The van der Waals surface area contributed by atoms with Gasteiger partial charge in [0.05, 0.1) is 10.0 Å². The molecule has 0 spiro atoms. The zero-order chi connectivity index (χ0) is 12.8. The SMILES string of the molecule is CC1CC1NS(=O)(=O)c1c(Cl)cc(N)cc1Cl. The Labute approximate surface area is 110 Å². The molecule has 4 nitrogen and oxygen atoms in total. The number of hydrogen-bond donors (Lipinski definition) is 2. The average molecular weight is 295 g/mol. The van der Waals surface area contributed by atoms with Crippen LogP contribution < -0.4 is 10.5 Å². The summed E-state index contributed by atoms with van der Waals surface area (Å²) in [4.78, 5) is -0.103. The number of nitrogens with one attached hydrogen (secondary N) is 1. The smallest absolute Gasteiger partial charge is 0.243 e. The summed E-state index contributed by atoms with van der Waals surface area (Å²) in [5.41, 5.74) is 5.86. The van der Waals surface area contributed by atoms with E-state index >= 15 is 0 Å². The maximum absolute atomic E-state index is 12.1. The van der Waals surface area contributed by atoms with Gasteiger partial charge < -0.3 is 5.73 Å². The fourth-order valence-electron chi connectivity index (χ4n) is 1.58. The first-order valence-electron chi connectivity index (χ1n) is 5.08. The van der Waals surface area contributed by atoms with Crippen molar-refractivity contribution in [1.29, 1.82) is 0 Å². The van der Waals surface area contributed by atoms with E-state index in [2.05, 4.69) is 4.72 Å². The van der Waals surface area contributed by atoms with Gasteiger partial charge in [0.25, 0.3) is 0 Å². The molecule has 0 aliphatic heterocycles. The Morgan fingerprint density at radius 3 is 2.24 bits per heavy atom. The van der Waals surface area contributed by atoms with Gasteiger partial charge in [-0.05, 0) is 24.5 Å². The van der Waals surface area contributed by atoms with Gasteiger partial charge in [-0.3, -0.25) is 0 Å². The first-order valence-corrected chi connectivity index (χ1v) is 7.32. The van der Waals surface area contributed by atoms with Crippen LogP contribution in [-0.4, -0.2) is 14.5 Å². The van der Waals surface area contributed by atoms with Gasteiger partial charge in [0, 0.05) is 11.7 Å². The van der Waals surface area contributed by atoms with E-state index in [9.17, 15) is 8.42 Å². The highest BCUT2D eigenvalue weighted by Crippen LogP contribution is 2.35. The van der Waals surface area contributed by atoms with Crippen molar-refractivity contribution in [2.45, 2.75) is 24.3 Å². The summed E-state index contributed by atoms with van der Waals surface area (Å²) in [6, 6.07) is 2.72. The van der Waals surface area contributed by atoms with E-state index in [0.717, 1.165) is 6.42 Å². The third-order valence-electron chi connectivity index (χ3n) is 2.71. The second-order valence-electron chi connectivity index (χ2n) is 4.25. The first-order chi connectivity index (χ1) is 7.81.